The van der Waals surface area contributed by atoms with E-state index in [1.807, 2.05) is 29.6 Å². The summed E-state index contributed by atoms with van der Waals surface area (Å²) >= 11 is 0. The van der Waals surface area contributed by atoms with Crippen molar-refractivity contribution in [3.63, 3.8) is 0 Å². The molecule has 0 bridgehead atoms. The van der Waals surface area contributed by atoms with Gasteiger partial charge in [-0.3, -0.25) is 14.5 Å². The molecule has 184 valence electrons. The molecule has 1 saturated heterocycles. The average Bonchev–Trinajstić information content (AvgIpc) is 3.53. The molecule has 1 aromatic carbocycles. The normalized spacial score (nSPS) is 21.1. The Hall–Kier alpha value is -2.58. The Balaban J connectivity index is 1.38. The van der Waals surface area contributed by atoms with Gasteiger partial charge in [0.2, 0.25) is 0 Å². The van der Waals surface area contributed by atoms with E-state index in [2.05, 4.69) is 46.2 Å². The molecule has 8 heteroatoms. The van der Waals surface area contributed by atoms with Crippen molar-refractivity contribution in [2.45, 2.75) is 52.3 Å². The Morgan fingerprint density at radius 3 is 2.68 bits per heavy atom. The zero-order valence-electron chi connectivity index (χ0n) is 20.7. The van der Waals surface area contributed by atoms with Gasteiger partial charge < -0.3 is 14.4 Å². The summed E-state index contributed by atoms with van der Waals surface area (Å²) in [5.74, 6) is 0.772. The van der Waals surface area contributed by atoms with E-state index in [0.717, 1.165) is 74.4 Å². The van der Waals surface area contributed by atoms with E-state index in [-0.39, 0.29) is 18.2 Å². The minimum Gasteiger partial charge on any atom is -0.446 e. The molecule has 0 N–H and O–H groups in total. The zero-order chi connectivity index (χ0) is 23.7. The molecule has 1 amide bonds. The summed E-state index contributed by atoms with van der Waals surface area (Å²) in [4.78, 5) is 19.7. The molecule has 1 aliphatic carbocycles. The second kappa shape index (κ2) is 9.96. The van der Waals surface area contributed by atoms with E-state index >= 15 is 0 Å². The molecule has 2 aliphatic heterocycles. The van der Waals surface area contributed by atoms with Crippen LogP contribution in [0.1, 0.15) is 33.6 Å². The van der Waals surface area contributed by atoms with E-state index in [0.29, 0.717) is 6.54 Å². The van der Waals surface area contributed by atoms with E-state index < -0.39 is 0 Å². The van der Waals surface area contributed by atoms with Crippen LogP contribution in [0.25, 0.3) is 11.1 Å². The fourth-order valence-electron chi connectivity index (χ4n) is 4.86. The van der Waals surface area contributed by atoms with Crippen molar-refractivity contribution in [1.29, 1.82) is 0 Å². The van der Waals surface area contributed by atoms with Crippen LogP contribution in [-0.4, -0.2) is 78.9 Å². The lowest BCUT2D eigenvalue weighted by atomic mass is 10.0. The molecule has 1 atom stereocenters. The van der Waals surface area contributed by atoms with Gasteiger partial charge in [-0.2, -0.15) is 5.10 Å². The SMILES string of the molecule is CC(C)OC(=O)N1C[C@H](C)N(CC2CC2)c2ccc(-c3cnn(CCN4CCOCC4)c3)cc21. The number of aromatic nitrogens is 2. The summed E-state index contributed by atoms with van der Waals surface area (Å²) in [6.45, 7) is 13.1. The number of benzene rings is 1. The topological polar surface area (TPSA) is 63.1 Å². The van der Waals surface area contributed by atoms with Crippen molar-refractivity contribution in [2.75, 3.05) is 55.7 Å². The third-order valence-corrected chi connectivity index (χ3v) is 6.98. The zero-order valence-corrected chi connectivity index (χ0v) is 20.7. The van der Waals surface area contributed by atoms with Crippen molar-refractivity contribution in [1.82, 2.24) is 14.7 Å². The summed E-state index contributed by atoms with van der Waals surface area (Å²) in [7, 11) is 0. The first-order valence-electron chi connectivity index (χ1n) is 12.7. The fourth-order valence-corrected chi connectivity index (χ4v) is 4.86. The van der Waals surface area contributed by atoms with Crippen molar-refractivity contribution in [3.8, 4) is 11.1 Å². The molecule has 1 saturated carbocycles. The molecule has 1 aromatic heterocycles. The molecular weight excluding hydrogens is 430 g/mol. The Labute approximate surface area is 202 Å². The van der Waals surface area contributed by atoms with Gasteiger partial charge in [0.15, 0.2) is 0 Å². The highest BCUT2D eigenvalue weighted by molar-refractivity contribution is 5.95. The summed E-state index contributed by atoms with van der Waals surface area (Å²) in [5.41, 5.74) is 4.19. The van der Waals surface area contributed by atoms with Gasteiger partial charge in [-0.25, -0.2) is 4.79 Å². The highest BCUT2D eigenvalue weighted by Gasteiger charge is 2.36. The first-order chi connectivity index (χ1) is 16.5. The highest BCUT2D eigenvalue weighted by atomic mass is 16.6. The van der Waals surface area contributed by atoms with Crippen LogP contribution >= 0.6 is 0 Å². The maximum Gasteiger partial charge on any atom is 0.414 e. The third-order valence-electron chi connectivity index (χ3n) is 6.98. The van der Waals surface area contributed by atoms with E-state index in [1.165, 1.54) is 12.8 Å². The maximum atomic E-state index is 13.0. The second-order valence-corrected chi connectivity index (χ2v) is 10.1. The first kappa shape index (κ1) is 23.2. The fraction of sp³-hybridized carbons (Fsp3) is 0.615. The summed E-state index contributed by atoms with van der Waals surface area (Å²) in [6, 6.07) is 6.71. The number of amides is 1. The number of ether oxygens (including phenoxy) is 2. The number of hydrogen-bond donors (Lipinski definition) is 0. The average molecular weight is 468 g/mol. The van der Waals surface area contributed by atoms with E-state index in [1.54, 1.807) is 0 Å². The van der Waals surface area contributed by atoms with Gasteiger partial charge in [0, 0.05) is 50.5 Å². The molecule has 0 radical (unpaired) electrons. The summed E-state index contributed by atoms with van der Waals surface area (Å²) in [5, 5.41) is 4.60. The van der Waals surface area contributed by atoms with Crippen LogP contribution in [0, 0.1) is 5.92 Å². The van der Waals surface area contributed by atoms with Gasteiger partial charge in [-0.15, -0.1) is 0 Å². The van der Waals surface area contributed by atoms with Gasteiger partial charge in [0.1, 0.15) is 0 Å². The van der Waals surface area contributed by atoms with Crippen LogP contribution in [0.15, 0.2) is 30.6 Å². The Bertz CT molecular complexity index is 996. The van der Waals surface area contributed by atoms with E-state index in [4.69, 9.17) is 9.47 Å². The third kappa shape index (κ3) is 5.23. The van der Waals surface area contributed by atoms with Crippen molar-refractivity contribution in [3.05, 3.63) is 30.6 Å². The number of anilines is 2. The van der Waals surface area contributed by atoms with Gasteiger partial charge in [0.25, 0.3) is 0 Å². The number of morpholine rings is 1. The van der Waals surface area contributed by atoms with Crippen LogP contribution in [0.3, 0.4) is 0 Å². The molecule has 8 nitrogen and oxygen atoms in total. The summed E-state index contributed by atoms with van der Waals surface area (Å²) < 4.78 is 13.1. The lowest BCUT2D eigenvalue weighted by molar-refractivity contribution is 0.0360. The van der Waals surface area contributed by atoms with Gasteiger partial charge in [-0.1, -0.05) is 6.07 Å². The maximum absolute atomic E-state index is 13.0. The number of hydrogen-bond acceptors (Lipinski definition) is 6. The van der Waals surface area contributed by atoms with Crippen LogP contribution in [0.2, 0.25) is 0 Å². The number of nitrogens with zero attached hydrogens (tertiary/aromatic N) is 5. The largest absolute Gasteiger partial charge is 0.446 e. The lowest BCUT2D eigenvalue weighted by Crippen LogP contribution is -2.50. The monoisotopic (exact) mass is 467 g/mol. The van der Waals surface area contributed by atoms with Gasteiger partial charge in [-0.05, 0) is 57.2 Å². The molecule has 5 rings (SSSR count). The predicted octanol–water partition coefficient (Wildman–Crippen LogP) is 3.85. The molecule has 2 aromatic rings. The molecule has 3 aliphatic rings. The lowest BCUT2D eigenvalue weighted by Gasteiger charge is -2.42. The van der Waals surface area contributed by atoms with Gasteiger partial charge >= 0.3 is 6.09 Å². The standard InChI is InChI=1S/C26H37N5O3/c1-19(2)34-26(32)31-16-20(3)30(17-21-4-5-21)24-7-6-22(14-25(24)31)23-15-27-29(18-23)9-8-28-10-12-33-13-11-28/h6-7,14-15,18-21H,4-5,8-13,16-17H2,1-3H3/t20-/m0/s1. The molecule has 34 heavy (non-hydrogen) atoms. The van der Waals surface area contributed by atoms with Gasteiger partial charge in [0.05, 0.1) is 43.4 Å². The van der Waals surface area contributed by atoms with Crippen LogP contribution in [0.4, 0.5) is 16.2 Å². The minimum absolute atomic E-state index is 0.149. The number of carbonyl (C=O) groups excluding carboxylic acids is 1. The van der Waals surface area contributed by atoms with E-state index in [9.17, 15) is 4.79 Å². The minimum atomic E-state index is -0.271. The molecular formula is C26H37N5O3. The first-order valence-corrected chi connectivity index (χ1v) is 12.7. The van der Waals surface area contributed by atoms with Crippen molar-refractivity contribution in [2.24, 2.45) is 5.92 Å². The Kier molecular flexibility index (Phi) is 6.79. The van der Waals surface area contributed by atoms with Crippen molar-refractivity contribution < 1.29 is 14.3 Å². The molecule has 0 spiro atoms. The molecule has 0 unspecified atom stereocenters. The predicted molar refractivity (Wildman–Crippen MR) is 133 cm³/mol. The quantitative estimate of drug-likeness (QED) is 0.616. The van der Waals surface area contributed by atoms with Crippen molar-refractivity contribution >= 4 is 17.5 Å². The Morgan fingerprint density at radius 2 is 1.94 bits per heavy atom. The second-order valence-electron chi connectivity index (χ2n) is 10.1. The van der Waals surface area contributed by atoms with Crippen LogP contribution < -0.4 is 9.80 Å². The van der Waals surface area contributed by atoms with Crippen LogP contribution in [0.5, 0.6) is 0 Å². The molecule has 3 heterocycles. The number of rotatable bonds is 7. The highest BCUT2D eigenvalue weighted by Crippen LogP contribution is 2.41. The van der Waals surface area contributed by atoms with Crippen LogP contribution in [-0.2, 0) is 16.0 Å². The number of carbonyl (C=O) groups is 1. The Morgan fingerprint density at radius 1 is 1.15 bits per heavy atom. The number of fused-ring (bicyclic) bond motifs is 1. The molecule has 2 fully saturated rings. The summed E-state index contributed by atoms with van der Waals surface area (Å²) in [6.07, 6.45) is 6.22. The smallest absolute Gasteiger partial charge is 0.414 e.